The van der Waals surface area contributed by atoms with Gasteiger partial charge in [-0.05, 0) is 62.1 Å². The summed E-state index contributed by atoms with van der Waals surface area (Å²) in [6.07, 6.45) is 7.45. The van der Waals surface area contributed by atoms with Crippen LogP contribution in [0.25, 0.3) is 21.8 Å². The van der Waals surface area contributed by atoms with E-state index < -0.39 is 0 Å². The van der Waals surface area contributed by atoms with E-state index in [-0.39, 0.29) is 22.6 Å². The lowest BCUT2D eigenvalue weighted by atomic mass is 9.94. The lowest BCUT2D eigenvalue weighted by Gasteiger charge is -2.09. The third kappa shape index (κ3) is 2.93. The highest BCUT2D eigenvalue weighted by atomic mass is 79.9. The quantitative estimate of drug-likeness (QED) is 0.273. The normalized spacial score (nSPS) is 19.6. The molecule has 4 heterocycles. The molecule has 0 bridgehead atoms. The van der Waals surface area contributed by atoms with Crippen LogP contribution in [0.5, 0.6) is 0 Å². The Kier molecular flexibility index (Phi) is 4.35. The number of fused-ring (bicyclic) bond motifs is 8. The first-order valence-electron chi connectivity index (χ1n) is 11.6. The maximum atomic E-state index is 12.4. The van der Waals surface area contributed by atoms with Crippen molar-refractivity contribution in [2.45, 2.75) is 36.5 Å². The number of aromatic nitrogens is 2. The van der Waals surface area contributed by atoms with Crippen molar-refractivity contribution < 1.29 is 9.59 Å². The predicted molar refractivity (Wildman–Crippen MR) is 143 cm³/mol. The minimum Gasteiger partial charge on any atom is -0.324 e. The number of anilines is 2. The number of halogens is 2. The number of amides is 2. The standard InChI is InChI=1S/C14H11BrN2O.C13H9BrN2O/c1-17-11-7-16-10-3-2-8(15)6-9(10)12(11)14(4-5-14)13(17)18;14-7-1-2-9-8(5-7)11-10(6-15-9)16-12(17)13(11)3-4-13/h2-3,6-7H,4-5H2,1H3;1-2,5-6H,3-4H2,(H,16,17). The molecule has 174 valence electrons. The van der Waals surface area contributed by atoms with E-state index in [1.54, 1.807) is 11.1 Å². The molecule has 35 heavy (non-hydrogen) atoms. The molecule has 2 aliphatic carbocycles. The molecule has 8 rings (SSSR count). The van der Waals surface area contributed by atoms with E-state index in [1.807, 2.05) is 37.5 Å². The average molecular weight is 592 g/mol. The van der Waals surface area contributed by atoms with Crippen molar-refractivity contribution in [3.63, 3.8) is 0 Å². The van der Waals surface area contributed by atoms with Gasteiger partial charge in [0.25, 0.3) is 0 Å². The number of pyridine rings is 2. The van der Waals surface area contributed by atoms with Crippen LogP contribution in [0.3, 0.4) is 0 Å². The second-order valence-corrected chi connectivity index (χ2v) is 11.7. The molecule has 6 nitrogen and oxygen atoms in total. The molecule has 0 atom stereocenters. The lowest BCUT2D eigenvalue weighted by Crippen LogP contribution is -2.28. The van der Waals surface area contributed by atoms with E-state index in [9.17, 15) is 9.59 Å². The van der Waals surface area contributed by atoms with Gasteiger partial charge >= 0.3 is 0 Å². The van der Waals surface area contributed by atoms with E-state index in [4.69, 9.17) is 0 Å². The first-order valence-corrected chi connectivity index (χ1v) is 13.2. The topological polar surface area (TPSA) is 75.2 Å². The van der Waals surface area contributed by atoms with Crippen molar-refractivity contribution in [3.8, 4) is 0 Å². The largest absolute Gasteiger partial charge is 0.324 e. The Labute approximate surface area is 218 Å². The molecule has 1 N–H and O–H groups in total. The number of carbonyl (C=O) groups excluding carboxylic acids is 2. The molecule has 0 unspecified atom stereocenters. The molecule has 2 aromatic carbocycles. The number of hydrogen-bond acceptors (Lipinski definition) is 4. The Balaban J connectivity index is 0.000000120. The van der Waals surface area contributed by atoms with E-state index in [1.165, 1.54) is 5.56 Å². The van der Waals surface area contributed by atoms with Crippen molar-refractivity contribution in [1.82, 2.24) is 9.97 Å². The molecule has 0 radical (unpaired) electrons. The highest BCUT2D eigenvalue weighted by molar-refractivity contribution is 9.10. The summed E-state index contributed by atoms with van der Waals surface area (Å²) in [7, 11) is 1.85. The first kappa shape index (κ1) is 21.4. The SMILES string of the molecule is CN1C(=O)C2(CC2)c2c1cnc1ccc(Br)cc21.O=C1Nc2cnc3ccc(Br)cc3c2C12CC2. The second-order valence-electron chi connectivity index (χ2n) is 9.87. The van der Waals surface area contributed by atoms with Gasteiger partial charge in [-0.15, -0.1) is 0 Å². The van der Waals surface area contributed by atoms with Crippen LogP contribution < -0.4 is 10.2 Å². The molecule has 8 heteroatoms. The number of carbonyl (C=O) groups is 2. The number of nitrogens with one attached hydrogen (secondary N) is 1. The zero-order valence-corrected chi connectivity index (χ0v) is 22.0. The van der Waals surface area contributed by atoms with Crippen LogP contribution in [0.4, 0.5) is 11.4 Å². The van der Waals surface area contributed by atoms with Gasteiger partial charge in [0.05, 0.1) is 45.6 Å². The molecule has 2 fully saturated rings. The molecule has 2 amide bonds. The van der Waals surface area contributed by atoms with Gasteiger partial charge in [0.2, 0.25) is 11.8 Å². The Morgan fingerprint density at radius 2 is 1.40 bits per heavy atom. The van der Waals surface area contributed by atoms with E-state index >= 15 is 0 Å². The number of likely N-dealkylation sites (N-methyl/N-ethyl adjacent to an activating group) is 1. The van der Waals surface area contributed by atoms with Crippen molar-refractivity contribution in [3.05, 3.63) is 68.9 Å². The smallest absolute Gasteiger partial charge is 0.237 e. The minimum absolute atomic E-state index is 0.141. The molecular formula is C27H20Br2N4O2. The summed E-state index contributed by atoms with van der Waals surface area (Å²) in [5, 5.41) is 5.14. The molecule has 2 saturated carbocycles. The lowest BCUT2D eigenvalue weighted by molar-refractivity contribution is -0.120. The molecular weight excluding hydrogens is 572 g/mol. The Bertz CT molecular complexity index is 1630. The molecule has 2 aromatic heterocycles. The van der Waals surface area contributed by atoms with Gasteiger partial charge in [0.1, 0.15) is 0 Å². The summed E-state index contributed by atoms with van der Waals surface area (Å²) in [4.78, 5) is 35.0. The molecule has 4 aliphatic rings. The average Bonchev–Trinajstić information content (AvgIpc) is 3.76. The van der Waals surface area contributed by atoms with Gasteiger partial charge in [-0.3, -0.25) is 19.6 Å². The van der Waals surface area contributed by atoms with Gasteiger partial charge in [-0.2, -0.15) is 0 Å². The maximum Gasteiger partial charge on any atom is 0.237 e. The van der Waals surface area contributed by atoms with Crippen molar-refractivity contribution in [2.24, 2.45) is 0 Å². The number of nitrogens with zero attached hydrogens (tertiary/aromatic N) is 3. The van der Waals surface area contributed by atoms with Crippen LogP contribution in [0.2, 0.25) is 0 Å². The summed E-state index contributed by atoms with van der Waals surface area (Å²) in [5.41, 5.74) is 5.61. The van der Waals surface area contributed by atoms with Gasteiger partial charge in [0, 0.05) is 37.9 Å². The fraction of sp³-hybridized carbons (Fsp3) is 0.259. The second kappa shape index (κ2) is 7.11. The van der Waals surface area contributed by atoms with E-state index in [2.05, 4.69) is 59.3 Å². The summed E-state index contributed by atoms with van der Waals surface area (Å²) in [5.74, 6) is 0.369. The molecule has 2 spiro atoms. The minimum atomic E-state index is -0.253. The fourth-order valence-corrected chi connectivity index (χ4v) is 6.49. The van der Waals surface area contributed by atoms with Crippen molar-refractivity contribution in [1.29, 1.82) is 0 Å². The van der Waals surface area contributed by atoms with Crippen LogP contribution in [0, 0.1) is 0 Å². The third-order valence-corrected chi connectivity index (χ3v) is 8.84. The number of hydrogen-bond donors (Lipinski definition) is 1. The Morgan fingerprint density at radius 3 is 2.00 bits per heavy atom. The number of benzene rings is 2. The van der Waals surface area contributed by atoms with Gasteiger partial charge in [0.15, 0.2) is 0 Å². The van der Waals surface area contributed by atoms with Crippen molar-refractivity contribution in [2.75, 3.05) is 17.3 Å². The fourth-order valence-electron chi connectivity index (χ4n) is 5.77. The maximum absolute atomic E-state index is 12.4. The highest BCUT2D eigenvalue weighted by Gasteiger charge is 2.59. The van der Waals surface area contributed by atoms with Crippen LogP contribution in [0.1, 0.15) is 36.8 Å². The predicted octanol–water partition coefficient (Wildman–Crippen LogP) is 5.99. The van der Waals surface area contributed by atoms with Gasteiger partial charge < -0.3 is 10.2 Å². The van der Waals surface area contributed by atoms with Crippen LogP contribution in [-0.4, -0.2) is 28.8 Å². The molecule has 2 aliphatic heterocycles. The van der Waals surface area contributed by atoms with E-state index in [0.717, 1.165) is 73.4 Å². The summed E-state index contributed by atoms with van der Waals surface area (Å²) in [6, 6.07) is 12.1. The van der Waals surface area contributed by atoms with Crippen LogP contribution in [-0.2, 0) is 20.4 Å². The van der Waals surface area contributed by atoms with Gasteiger partial charge in [-0.25, -0.2) is 0 Å². The molecule has 4 aromatic rings. The van der Waals surface area contributed by atoms with Crippen LogP contribution in [0.15, 0.2) is 57.7 Å². The Morgan fingerprint density at radius 1 is 0.829 bits per heavy atom. The van der Waals surface area contributed by atoms with Crippen molar-refractivity contribution >= 4 is 76.9 Å². The van der Waals surface area contributed by atoms with Gasteiger partial charge in [-0.1, -0.05) is 31.9 Å². The summed E-state index contributed by atoms with van der Waals surface area (Å²) < 4.78 is 2.05. The molecule has 0 saturated heterocycles. The van der Waals surface area contributed by atoms with Crippen LogP contribution >= 0.6 is 31.9 Å². The zero-order valence-electron chi connectivity index (χ0n) is 18.9. The third-order valence-electron chi connectivity index (χ3n) is 7.86. The Hall–Kier alpha value is -2.84. The summed E-state index contributed by atoms with van der Waals surface area (Å²) >= 11 is 6.98. The summed E-state index contributed by atoms with van der Waals surface area (Å²) in [6.45, 7) is 0. The number of rotatable bonds is 0. The highest BCUT2D eigenvalue weighted by Crippen LogP contribution is 2.59. The monoisotopic (exact) mass is 590 g/mol. The zero-order chi connectivity index (χ0) is 24.1. The first-order chi connectivity index (χ1) is 16.8. The van der Waals surface area contributed by atoms with E-state index in [0.29, 0.717) is 0 Å².